The van der Waals surface area contributed by atoms with Crippen molar-refractivity contribution in [2.75, 3.05) is 26.5 Å². The van der Waals surface area contributed by atoms with Gasteiger partial charge < -0.3 is 9.47 Å². The second-order valence-electron chi connectivity index (χ2n) is 6.74. The van der Waals surface area contributed by atoms with Crippen LogP contribution in [0.1, 0.15) is 17.5 Å². The highest BCUT2D eigenvalue weighted by atomic mass is 32.4. The highest BCUT2D eigenvalue weighted by Crippen LogP contribution is 2.63. The summed E-state index contributed by atoms with van der Waals surface area (Å²) >= 11 is 6.16. The molecular formula is C23H23O4PS. The van der Waals surface area contributed by atoms with Crippen LogP contribution in [0.2, 0.25) is 0 Å². The molecule has 2 aromatic carbocycles. The predicted octanol–water partition coefficient (Wildman–Crippen LogP) is 4.71. The number of ether oxygens (including phenoxy) is 2. The van der Waals surface area contributed by atoms with Crippen LogP contribution in [0, 0.1) is 0 Å². The Morgan fingerprint density at radius 1 is 0.931 bits per heavy atom. The number of carbonyl (C=O) groups is 2. The average Bonchev–Trinajstić information content (AvgIpc) is 2.78. The molecule has 3 rings (SSSR count). The molecule has 1 unspecified atom stereocenters. The molecule has 0 bridgehead atoms. The number of methoxy groups -OCH3 is 2. The van der Waals surface area contributed by atoms with E-state index in [9.17, 15) is 9.59 Å². The van der Waals surface area contributed by atoms with Crippen LogP contribution in [-0.4, -0.2) is 38.5 Å². The third kappa shape index (κ3) is 4.75. The summed E-state index contributed by atoms with van der Waals surface area (Å²) in [5.41, 5.74) is 3.37. The zero-order valence-electron chi connectivity index (χ0n) is 16.5. The Kier molecular flexibility index (Phi) is 6.83. The van der Waals surface area contributed by atoms with Gasteiger partial charge >= 0.3 is 11.9 Å². The number of esters is 2. The van der Waals surface area contributed by atoms with Gasteiger partial charge in [-0.1, -0.05) is 72.5 Å². The van der Waals surface area contributed by atoms with Gasteiger partial charge in [-0.05, 0) is 40.3 Å². The van der Waals surface area contributed by atoms with Crippen LogP contribution in [0.5, 0.6) is 0 Å². The molecule has 0 radical (unpaired) electrons. The molecule has 0 aromatic heterocycles. The molecule has 0 spiro atoms. The van der Waals surface area contributed by atoms with Crippen LogP contribution in [0.3, 0.4) is 0 Å². The first-order valence-corrected chi connectivity index (χ1v) is 12.5. The fourth-order valence-electron chi connectivity index (χ4n) is 3.44. The third-order valence-corrected chi connectivity index (χ3v) is 9.51. The molecule has 1 aliphatic heterocycles. The van der Waals surface area contributed by atoms with E-state index in [1.165, 1.54) is 14.2 Å². The first-order chi connectivity index (χ1) is 14.0. The average molecular weight is 426 g/mol. The molecule has 1 aliphatic rings. The van der Waals surface area contributed by atoms with Gasteiger partial charge in [0.15, 0.2) is 0 Å². The van der Waals surface area contributed by atoms with Crippen LogP contribution in [0.15, 0.2) is 72.3 Å². The summed E-state index contributed by atoms with van der Waals surface area (Å²) in [4.78, 5) is 24.5. The van der Waals surface area contributed by atoms with Crippen molar-refractivity contribution in [1.82, 2.24) is 0 Å². The predicted molar refractivity (Wildman–Crippen MR) is 120 cm³/mol. The fourth-order valence-corrected chi connectivity index (χ4v) is 7.48. The summed E-state index contributed by atoms with van der Waals surface area (Å²) in [6.45, 7) is 0. The molecule has 0 aliphatic carbocycles. The van der Waals surface area contributed by atoms with Gasteiger partial charge in [-0.25, -0.2) is 4.79 Å². The molecule has 2 aromatic rings. The van der Waals surface area contributed by atoms with E-state index in [1.807, 2.05) is 66.7 Å². The van der Waals surface area contributed by atoms with E-state index in [2.05, 4.69) is 0 Å². The van der Waals surface area contributed by atoms with Crippen molar-refractivity contribution >= 4 is 40.7 Å². The van der Waals surface area contributed by atoms with Crippen molar-refractivity contribution in [3.05, 3.63) is 83.4 Å². The van der Waals surface area contributed by atoms with Gasteiger partial charge in [0.2, 0.25) is 0 Å². The zero-order chi connectivity index (χ0) is 20.9. The molecule has 0 amide bonds. The van der Waals surface area contributed by atoms with E-state index >= 15 is 0 Å². The first-order valence-electron chi connectivity index (χ1n) is 9.28. The highest BCUT2D eigenvalue weighted by Gasteiger charge is 2.34. The Labute approximate surface area is 176 Å². The molecule has 0 N–H and O–H groups in total. The number of carbonyl (C=O) groups excluding carboxylic acids is 2. The summed E-state index contributed by atoms with van der Waals surface area (Å²) in [6, 6.07) is 17.5. The largest absolute Gasteiger partial charge is 0.469 e. The second kappa shape index (κ2) is 9.34. The van der Waals surface area contributed by atoms with Crippen LogP contribution < -0.4 is 0 Å². The van der Waals surface area contributed by atoms with Gasteiger partial charge in [-0.15, -0.1) is 0 Å². The van der Waals surface area contributed by atoms with Gasteiger partial charge in [-0.3, -0.25) is 4.79 Å². The Morgan fingerprint density at radius 3 is 2.07 bits per heavy atom. The molecule has 1 atom stereocenters. The van der Waals surface area contributed by atoms with E-state index < -0.39 is 6.04 Å². The van der Waals surface area contributed by atoms with Crippen LogP contribution >= 0.6 is 6.04 Å². The lowest BCUT2D eigenvalue weighted by atomic mass is 9.98. The Bertz CT molecular complexity index is 1010. The third-order valence-electron chi connectivity index (χ3n) is 4.95. The van der Waals surface area contributed by atoms with Crippen molar-refractivity contribution in [3.63, 3.8) is 0 Å². The summed E-state index contributed by atoms with van der Waals surface area (Å²) in [7, 11) is 2.76. The zero-order valence-corrected chi connectivity index (χ0v) is 18.2. The summed E-state index contributed by atoms with van der Waals surface area (Å²) < 4.78 is 9.90. The highest BCUT2D eigenvalue weighted by molar-refractivity contribution is 8.19. The fraction of sp³-hybridized carbons (Fsp3) is 0.217. The smallest absolute Gasteiger partial charge is 0.334 e. The lowest BCUT2D eigenvalue weighted by molar-refractivity contribution is -0.140. The minimum Gasteiger partial charge on any atom is -0.469 e. The van der Waals surface area contributed by atoms with Crippen molar-refractivity contribution in [1.29, 1.82) is 0 Å². The van der Waals surface area contributed by atoms with Crippen molar-refractivity contribution in [3.8, 4) is 0 Å². The van der Waals surface area contributed by atoms with Crippen LogP contribution in [0.4, 0.5) is 0 Å². The van der Waals surface area contributed by atoms with E-state index in [0.717, 1.165) is 22.0 Å². The van der Waals surface area contributed by atoms with E-state index in [-0.39, 0.29) is 18.4 Å². The monoisotopic (exact) mass is 426 g/mol. The van der Waals surface area contributed by atoms with Crippen molar-refractivity contribution in [2.45, 2.75) is 6.42 Å². The van der Waals surface area contributed by atoms with Crippen molar-refractivity contribution < 1.29 is 19.1 Å². The minimum atomic E-state index is -2.26. The van der Waals surface area contributed by atoms with Gasteiger partial charge in [0.25, 0.3) is 0 Å². The molecule has 6 heteroatoms. The quantitative estimate of drug-likeness (QED) is 0.495. The molecule has 0 fully saturated rings. The number of benzene rings is 2. The maximum atomic E-state index is 12.6. The maximum absolute atomic E-state index is 12.6. The van der Waals surface area contributed by atoms with Crippen molar-refractivity contribution in [2.24, 2.45) is 0 Å². The van der Waals surface area contributed by atoms with E-state index in [0.29, 0.717) is 17.9 Å². The number of allylic oxidation sites excluding steroid dienone is 2. The molecule has 4 nitrogen and oxygen atoms in total. The normalized spacial score (nSPS) is 18.8. The Hall–Kier alpha value is -2.49. The van der Waals surface area contributed by atoms with Gasteiger partial charge in [0.05, 0.1) is 26.2 Å². The van der Waals surface area contributed by atoms with Gasteiger partial charge in [-0.2, -0.15) is 0 Å². The summed E-state index contributed by atoms with van der Waals surface area (Å²) in [5, 5.41) is 1.03. The van der Waals surface area contributed by atoms with Crippen LogP contribution in [0.25, 0.3) is 10.9 Å². The lowest BCUT2D eigenvalue weighted by Gasteiger charge is -2.31. The molecular weight excluding hydrogens is 403 g/mol. The summed E-state index contributed by atoms with van der Waals surface area (Å²) in [6.07, 6.45) is 3.17. The first kappa shape index (κ1) is 21.2. The van der Waals surface area contributed by atoms with Gasteiger partial charge in [0.1, 0.15) is 0 Å². The number of rotatable bonds is 6. The Morgan fingerprint density at radius 2 is 1.52 bits per heavy atom. The van der Waals surface area contributed by atoms with Gasteiger partial charge in [0, 0.05) is 6.16 Å². The SMILES string of the molecule is COC(=O)CCP1(=S)CC(C(=O)OC)=C(c2ccccc2)C=C1c1ccccc1. The molecule has 0 saturated carbocycles. The maximum Gasteiger partial charge on any atom is 0.334 e. The molecule has 1 heterocycles. The van der Waals surface area contributed by atoms with E-state index in [4.69, 9.17) is 21.3 Å². The van der Waals surface area contributed by atoms with Crippen LogP contribution in [-0.2, 0) is 30.9 Å². The summed E-state index contributed by atoms with van der Waals surface area (Å²) in [5.74, 6) is -0.668. The topological polar surface area (TPSA) is 52.6 Å². The molecule has 150 valence electrons. The molecule has 29 heavy (non-hydrogen) atoms. The number of hydrogen-bond acceptors (Lipinski definition) is 5. The standard InChI is InChI=1S/C23H23O4PS/c1-26-22(24)13-14-28(29)16-20(23(25)27-2)19(17-9-5-3-6-10-17)15-21(28)18-11-7-4-8-12-18/h3-12,15H,13-14,16H2,1-2H3. The lowest BCUT2D eigenvalue weighted by Crippen LogP contribution is -2.17. The van der Waals surface area contributed by atoms with E-state index in [1.54, 1.807) is 0 Å². The minimum absolute atomic E-state index is 0.229. The number of hydrogen-bond donors (Lipinski definition) is 0. The molecule has 0 saturated heterocycles. The second-order valence-corrected chi connectivity index (χ2v) is 11.9. The Balaban J connectivity index is 2.17.